The monoisotopic (exact) mass is 292 g/mol. The molecule has 1 heterocycles. The summed E-state index contributed by atoms with van der Waals surface area (Å²) in [6.07, 6.45) is 1.05. The second-order valence-electron chi connectivity index (χ2n) is 4.98. The maximum absolute atomic E-state index is 13.6. The van der Waals surface area contributed by atoms with E-state index in [1.165, 1.54) is 12.1 Å². The standard InChI is InChI=1S/C15H21FN4O/c1-4-5-17-9-12-6-13(16)8-14(7-12)21-10-15-19-18-11(2)20(15)3/h6-8,17H,4-5,9-10H2,1-3H3. The Morgan fingerprint density at radius 2 is 2.10 bits per heavy atom. The van der Waals surface area contributed by atoms with E-state index in [1.54, 1.807) is 0 Å². The molecule has 0 aliphatic rings. The van der Waals surface area contributed by atoms with Crippen LogP contribution in [0.1, 0.15) is 30.6 Å². The van der Waals surface area contributed by atoms with E-state index in [1.807, 2.05) is 24.6 Å². The number of ether oxygens (including phenoxy) is 1. The Hall–Kier alpha value is -1.95. The summed E-state index contributed by atoms with van der Waals surface area (Å²) in [7, 11) is 1.87. The minimum Gasteiger partial charge on any atom is -0.485 e. The number of nitrogens with one attached hydrogen (secondary N) is 1. The molecule has 0 radical (unpaired) electrons. The molecule has 2 aromatic rings. The van der Waals surface area contributed by atoms with Crippen LogP contribution in [0.15, 0.2) is 18.2 Å². The van der Waals surface area contributed by atoms with Crippen LogP contribution in [-0.2, 0) is 20.2 Å². The van der Waals surface area contributed by atoms with Crippen molar-refractivity contribution in [1.29, 1.82) is 0 Å². The van der Waals surface area contributed by atoms with Gasteiger partial charge in [-0.2, -0.15) is 0 Å². The predicted molar refractivity (Wildman–Crippen MR) is 78.5 cm³/mol. The van der Waals surface area contributed by atoms with Gasteiger partial charge >= 0.3 is 0 Å². The Morgan fingerprint density at radius 1 is 1.29 bits per heavy atom. The van der Waals surface area contributed by atoms with Crippen molar-refractivity contribution < 1.29 is 9.13 Å². The third kappa shape index (κ3) is 4.26. The van der Waals surface area contributed by atoms with Gasteiger partial charge in [-0.05, 0) is 37.6 Å². The molecule has 0 saturated heterocycles. The number of halogens is 1. The van der Waals surface area contributed by atoms with Crippen LogP contribution >= 0.6 is 0 Å². The summed E-state index contributed by atoms with van der Waals surface area (Å²) in [5, 5.41) is 11.2. The second-order valence-corrected chi connectivity index (χ2v) is 4.98. The number of aromatic nitrogens is 3. The van der Waals surface area contributed by atoms with Crippen molar-refractivity contribution >= 4 is 0 Å². The van der Waals surface area contributed by atoms with Gasteiger partial charge in [-0.25, -0.2) is 4.39 Å². The normalized spacial score (nSPS) is 10.9. The summed E-state index contributed by atoms with van der Waals surface area (Å²) in [6.45, 7) is 5.77. The zero-order chi connectivity index (χ0) is 15.2. The average molecular weight is 292 g/mol. The van der Waals surface area contributed by atoms with Crippen molar-refractivity contribution in [3.05, 3.63) is 41.2 Å². The van der Waals surface area contributed by atoms with Crippen LogP contribution < -0.4 is 10.1 Å². The summed E-state index contributed by atoms with van der Waals surface area (Å²) < 4.78 is 21.1. The molecular weight excluding hydrogens is 271 g/mol. The Labute approximate surface area is 124 Å². The molecule has 0 aliphatic heterocycles. The zero-order valence-corrected chi connectivity index (χ0v) is 12.7. The highest BCUT2D eigenvalue weighted by atomic mass is 19.1. The van der Waals surface area contributed by atoms with E-state index in [0.717, 1.165) is 24.4 Å². The van der Waals surface area contributed by atoms with Gasteiger partial charge in [-0.3, -0.25) is 0 Å². The van der Waals surface area contributed by atoms with E-state index in [0.29, 0.717) is 18.1 Å². The molecule has 0 atom stereocenters. The highest BCUT2D eigenvalue weighted by Gasteiger charge is 2.07. The van der Waals surface area contributed by atoms with Crippen LogP contribution in [0.4, 0.5) is 4.39 Å². The molecule has 2 rings (SSSR count). The SMILES string of the molecule is CCCNCc1cc(F)cc(OCc2nnc(C)n2C)c1. The van der Waals surface area contributed by atoms with Gasteiger partial charge in [0.2, 0.25) is 0 Å². The summed E-state index contributed by atoms with van der Waals surface area (Å²) in [5.41, 5.74) is 0.868. The lowest BCUT2D eigenvalue weighted by atomic mass is 10.2. The highest BCUT2D eigenvalue weighted by Crippen LogP contribution is 2.17. The van der Waals surface area contributed by atoms with E-state index < -0.39 is 0 Å². The Morgan fingerprint density at radius 3 is 2.76 bits per heavy atom. The summed E-state index contributed by atoms with van der Waals surface area (Å²) in [4.78, 5) is 0. The number of rotatable bonds is 7. The lowest BCUT2D eigenvalue weighted by Gasteiger charge is -2.09. The van der Waals surface area contributed by atoms with E-state index >= 15 is 0 Å². The Balaban J connectivity index is 2.00. The van der Waals surface area contributed by atoms with Crippen LogP contribution in [0.3, 0.4) is 0 Å². The first-order valence-electron chi connectivity index (χ1n) is 7.08. The number of aryl methyl sites for hydroxylation is 1. The molecule has 0 bridgehead atoms. The molecule has 0 amide bonds. The maximum Gasteiger partial charge on any atom is 0.170 e. The smallest absolute Gasteiger partial charge is 0.170 e. The molecule has 0 fully saturated rings. The first kappa shape index (κ1) is 15.4. The molecule has 1 aromatic carbocycles. The average Bonchev–Trinajstić information content (AvgIpc) is 2.76. The fourth-order valence-corrected chi connectivity index (χ4v) is 1.94. The van der Waals surface area contributed by atoms with E-state index in [-0.39, 0.29) is 12.4 Å². The van der Waals surface area contributed by atoms with Gasteiger partial charge in [0, 0.05) is 19.7 Å². The molecule has 0 unspecified atom stereocenters. The maximum atomic E-state index is 13.6. The molecule has 6 heteroatoms. The summed E-state index contributed by atoms with van der Waals surface area (Å²) in [5.74, 6) is 1.73. The van der Waals surface area contributed by atoms with Crippen LogP contribution in [0, 0.1) is 12.7 Å². The van der Waals surface area contributed by atoms with Crippen LogP contribution in [0.5, 0.6) is 5.75 Å². The molecule has 21 heavy (non-hydrogen) atoms. The lowest BCUT2D eigenvalue weighted by molar-refractivity contribution is 0.289. The van der Waals surface area contributed by atoms with Crippen LogP contribution in [0.25, 0.3) is 0 Å². The lowest BCUT2D eigenvalue weighted by Crippen LogP contribution is -2.14. The Bertz CT molecular complexity index is 597. The molecule has 114 valence electrons. The molecule has 0 spiro atoms. The number of hydrogen-bond donors (Lipinski definition) is 1. The van der Waals surface area contributed by atoms with Gasteiger partial charge in [-0.15, -0.1) is 10.2 Å². The van der Waals surface area contributed by atoms with Gasteiger partial charge in [-0.1, -0.05) is 6.92 Å². The van der Waals surface area contributed by atoms with Gasteiger partial charge in [0.15, 0.2) is 5.82 Å². The minimum absolute atomic E-state index is 0.266. The third-order valence-corrected chi connectivity index (χ3v) is 3.24. The van der Waals surface area contributed by atoms with Crippen LogP contribution in [-0.4, -0.2) is 21.3 Å². The summed E-state index contributed by atoms with van der Waals surface area (Å²) >= 11 is 0. The van der Waals surface area contributed by atoms with Crippen LogP contribution in [0.2, 0.25) is 0 Å². The minimum atomic E-state index is -0.296. The van der Waals surface area contributed by atoms with Crippen molar-refractivity contribution in [2.24, 2.45) is 7.05 Å². The molecule has 1 N–H and O–H groups in total. The van der Waals surface area contributed by atoms with Gasteiger partial charge in [0.25, 0.3) is 0 Å². The molecule has 1 aromatic heterocycles. The van der Waals surface area contributed by atoms with E-state index in [2.05, 4.69) is 22.4 Å². The Kier molecular flexibility index (Phi) is 5.27. The van der Waals surface area contributed by atoms with E-state index in [9.17, 15) is 4.39 Å². The van der Waals surface area contributed by atoms with Crippen molar-refractivity contribution in [1.82, 2.24) is 20.1 Å². The number of benzene rings is 1. The molecular formula is C15H21FN4O. The van der Waals surface area contributed by atoms with Crippen molar-refractivity contribution in [2.45, 2.75) is 33.4 Å². The largest absolute Gasteiger partial charge is 0.485 e. The quantitative estimate of drug-likeness (QED) is 0.796. The van der Waals surface area contributed by atoms with Gasteiger partial charge in [0.05, 0.1) is 0 Å². The highest BCUT2D eigenvalue weighted by molar-refractivity contribution is 5.29. The van der Waals surface area contributed by atoms with Gasteiger partial charge in [0.1, 0.15) is 24.0 Å². The van der Waals surface area contributed by atoms with Crippen molar-refractivity contribution in [3.8, 4) is 5.75 Å². The van der Waals surface area contributed by atoms with Gasteiger partial charge < -0.3 is 14.6 Å². The fourth-order valence-electron chi connectivity index (χ4n) is 1.94. The molecule has 0 saturated carbocycles. The fraction of sp³-hybridized carbons (Fsp3) is 0.467. The predicted octanol–water partition coefficient (Wildman–Crippen LogP) is 2.34. The molecule has 5 nitrogen and oxygen atoms in total. The van der Waals surface area contributed by atoms with Crippen molar-refractivity contribution in [2.75, 3.05) is 6.54 Å². The first-order valence-corrected chi connectivity index (χ1v) is 7.08. The van der Waals surface area contributed by atoms with E-state index in [4.69, 9.17) is 4.74 Å². The number of hydrogen-bond acceptors (Lipinski definition) is 4. The second kappa shape index (κ2) is 7.17. The topological polar surface area (TPSA) is 52.0 Å². The number of nitrogens with zero attached hydrogens (tertiary/aromatic N) is 3. The summed E-state index contributed by atoms with van der Waals surface area (Å²) in [6, 6.07) is 4.74. The molecule has 0 aliphatic carbocycles. The first-order chi connectivity index (χ1) is 10.1. The third-order valence-electron chi connectivity index (χ3n) is 3.24. The van der Waals surface area contributed by atoms with Crippen molar-refractivity contribution in [3.63, 3.8) is 0 Å². The zero-order valence-electron chi connectivity index (χ0n) is 12.7.